The minimum Gasteiger partial charge on any atom is -0.392 e. The molecule has 2 fully saturated rings. The highest BCUT2D eigenvalue weighted by Gasteiger charge is 2.54. The number of aromatic nitrogens is 1. The number of aliphatic hydroxyl groups excluding tert-OH is 1. The number of carbonyl (C=O) groups excluding carboxylic acids is 2. The number of amides is 2. The third kappa shape index (κ3) is 4.80. The molecule has 7 heteroatoms. The maximum atomic E-state index is 12.9. The Morgan fingerprint density at radius 1 is 1.38 bits per heavy atom. The number of rotatable bonds is 6. The van der Waals surface area contributed by atoms with E-state index in [4.69, 9.17) is 5.26 Å². The van der Waals surface area contributed by atoms with Crippen molar-refractivity contribution in [2.75, 3.05) is 13.6 Å². The largest absolute Gasteiger partial charge is 0.392 e. The lowest BCUT2D eigenvalue weighted by molar-refractivity contribution is -0.149. The summed E-state index contributed by atoms with van der Waals surface area (Å²) in [5, 5.41) is 23.5. The Morgan fingerprint density at radius 3 is 2.75 bits per heavy atom. The molecule has 0 saturated heterocycles. The van der Waals surface area contributed by atoms with E-state index in [2.05, 4.69) is 30.2 Å². The Kier molecular flexibility index (Phi) is 7.55. The van der Waals surface area contributed by atoms with Crippen LogP contribution in [0.2, 0.25) is 0 Å². The molecule has 0 radical (unpaired) electrons. The Hall–Kier alpha value is -2.46. The van der Waals surface area contributed by atoms with E-state index in [1.165, 1.54) is 0 Å². The number of nitrogens with zero attached hydrogens (tertiary/aromatic N) is 3. The lowest BCUT2D eigenvalue weighted by Crippen LogP contribution is -2.58. The van der Waals surface area contributed by atoms with Gasteiger partial charge in [0.05, 0.1) is 18.6 Å². The topological polar surface area (TPSA) is 106 Å². The molecular formula is C25H36N4O3. The van der Waals surface area contributed by atoms with Gasteiger partial charge in [0, 0.05) is 31.7 Å². The van der Waals surface area contributed by atoms with Gasteiger partial charge in [0.2, 0.25) is 5.91 Å². The Morgan fingerprint density at radius 2 is 2.09 bits per heavy atom. The van der Waals surface area contributed by atoms with Gasteiger partial charge in [-0.25, -0.2) is 0 Å². The molecule has 1 heterocycles. The van der Waals surface area contributed by atoms with Crippen molar-refractivity contribution < 1.29 is 14.7 Å². The normalized spacial score (nSPS) is 32.8. The molecule has 0 aliphatic heterocycles. The van der Waals surface area contributed by atoms with E-state index in [1.54, 1.807) is 36.3 Å². The number of hydrogen-bond acceptors (Lipinski definition) is 5. The summed E-state index contributed by atoms with van der Waals surface area (Å²) in [6.45, 7) is 6.66. The van der Waals surface area contributed by atoms with Gasteiger partial charge in [0.1, 0.15) is 5.69 Å². The fourth-order valence-electron chi connectivity index (χ4n) is 6.10. The Balaban J connectivity index is 1.73. The van der Waals surface area contributed by atoms with Crippen LogP contribution in [-0.2, 0) is 4.79 Å². The van der Waals surface area contributed by atoms with Crippen molar-refractivity contribution in [1.29, 1.82) is 5.26 Å². The van der Waals surface area contributed by atoms with Gasteiger partial charge in [-0.05, 0) is 61.0 Å². The minimum absolute atomic E-state index is 0.00294. The fourth-order valence-corrected chi connectivity index (χ4v) is 6.10. The number of fused-ring (bicyclic) bond motifs is 1. The predicted octanol–water partition coefficient (Wildman–Crippen LogP) is 3.01. The molecule has 1 aromatic heterocycles. The van der Waals surface area contributed by atoms with E-state index in [1.807, 2.05) is 6.92 Å². The molecule has 174 valence electrons. The standard InChI is InChI=1S/C25H36N4O3/c1-16(24(32)29(4)15-7-13-26)18-9-11-25(3)12-10-19(17(2)21(25)22(18)30)28-23(31)20-8-5-6-14-27-20/h5-6,8,14,16-19,21-22,30H,7,9-12,15H2,1-4H3,(H,28,31)/t16-,17-,18-,19-,21+,22-,25+/m0/s1. The first-order valence-electron chi connectivity index (χ1n) is 11.7. The van der Waals surface area contributed by atoms with Crippen molar-refractivity contribution in [2.24, 2.45) is 29.1 Å². The van der Waals surface area contributed by atoms with Crippen LogP contribution in [0, 0.1) is 40.4 Å². The lowest BCUT2D eigenvalue weighted by atomic mass is 9.51. The first-order valence-corrected chi connectivity index (χ1v) is 11.7. The molecule has 2 aliphatic carbocycles. The Labute approximate surface area is 191 Å². The second kappa shape index (κ2) is 9.99. The van der Waals surface area contributed by atoms with Gasteiger partial charge in [-0.3, -0.25) is 14.6 Å². The zero-order chi connectivity index (χ0) is 23.5. The van der Waals surface area contributed by atoms with E-state index in [9.17, 15) is 14.7 Å². The summed E-state index contributed by atoms with van der Waals surface area (Å²) in [5.74, 6) is -0.555. The lowest BCUT2D eigenvalue weighted by Gasteiger charge is -2.56. The van der Waals surface area contributed by atoms with Crippen molar-refractivity contribution >= 4 is 11.8 Å². The molecule has 0 aromatic carbocycles. The summed E-state index contributed by atoms with van der Waals surface area (Å²) < 4.78 is 0. The van der Waals surface area contributed by atoms with Gasteiger partial charge in [0.15, 0.2) is 0 Å². The fraction of sp³-hybridized carbons (Fsp3) is 0.680. The molecule has 0 unspecified atom stereocenters. The highest BCUT2D eigenvalue weighted by Crippen LogP contribution is 2.55. The summed E-state index contributed by atoms with van der Waals surface area (Å²) in [6.07, 6.45) is 4.88. The highest BCUT2D eigenvalue weighted by atomic mass is 16.3. The summed E-state index contributed by atoms with van der Waals surface area (Å²) in [6, 6.07) is 7.32. The van der Waals surface area contributed by atoms with E-state index < -0.39 is 6.10 Å². The van der Waals surface area contributed by atoms with Crippen LogP contribution in [0.3, 0.4) is 0 Å². The number of nitrogens with one attached hydrogen (secondary N) is 1. The molecule has 7 nitrogen and oxygen atoms in total. The summed E-state index contributed by atoms with van der Waals surface area (Å²) >= 11 is 0. The van der Waals surface area contributed by atoms with Crippen LogP contribution < -0.4 is 5.32 Å². The maximum absolute atomic E-state index is 12.9. The van der Waals surface area contributed by atoms with Crippen LogP contribution in [0.4, 0.5) is 0 Å². The van der Waals surface area contributed by atoms with Gasteiger partial charge in [-0.2, -0.15) is 5.26 Å². The molecule has 2 aliphatic rings. The molecular weight excluding hydrogens is 404 g/mol. The zero-order valence-corrected chi connectivity index (χ0v) is 19.6. The van der Waals surface area contributed by atoms with Crippen LogP contribution in [0.25, 0.3) is 0 Å². The second-order valence-electron chi connectivity index (χ2n) is 10.0. The molecule has 2 N–H and O–H groups in total. The van der Waals surface area contributed by atoms with Crippen molar-refractivity contribution in [1.82, 2.24) is 15.2 Å². The van der Waals surface area contributed by atoms with Crippen molar-refractivity contribution in [2.45, 2.75) is 65.0 Å². The minimum atomic E-state index is -0.610. The summed E-state index contributed by atoms with van der Waals surface area (Å²) in [7, 11) is 1.72. The molecule has 1 aromatic rings. The predicted molar refractivity (Wildman–Crippen MR) is 121 cm³/mol. The first-order chi connectivity index (χ1) is 15.2. The van der Waals surface area contributed by atoms with Gasteiger partial charge in [-0.15, -0.1) is 0 Å². The van der Waals surface area contributed by atoms with Crippen LogP contribution >= 0.6 is 0 Å². The third-order valence-electron chi connectivity index (χ3n) is 8.07. The first kappa shape index (κ1) is 24.2. The van der Waals surface area contributed by atoms with Crippen molar-refractivity contribution in [3.8, 4) is 6.07 Å². The maximum Gasteiger partial charge on any atom is 0.270 e. The second-order valence-corrected chi connectivity index (χ2v) is 10.0. The molecule has 7 atom stereocenters. The number of carbonyl (C=O) groups is 2. The van der Waals surface area contributed by atoms with E-state index in [0.717, 1.165) is 25.7 Å². The monoisotopic (exact) mass is 440 g/mol. The number of aliphatic hydroxyl groups is 1. The van der Waals surface area contributed by atoms with Crippen LogP contribution in [0.5, 0.6) is 0 Å². The van der Waals surface area contributed by atoms with Gasteiger partial charge in [-0.1, -0.05) is 26.8 Å². The average molecular weight is 441 g/mol. The summed E-state index contributed by atoms with van der Waals surface area (Å²) in [5.41, 5.74) is 0.395. The number of pyridine rings is 1. The van der Waals surface area contributed by atoms with Gasteiger partial charge < -0.3 is 15.3 Å². The highest BCUT2D eigenvalue weighted by molar-refractivity contribution is 5.92. The zero-order valence-electron chi connectivity index (χ0n) is 19.6. The number of hydrogen-bond donors (Lipinski definition) is 2. The van der Waals surface area contributed by atoms with E-state index in [0.29, 0.717) is 18.7 Å². The average Bonchev–Trinajstić information content (AvgIpc) is 2.79. The summed E-state index contributed by atoms with van der Waals surface area (Å²) in [4.78, 5) is 31.4. The van der Waals surface area contributed by atoms with E-state index in [-0.39, 0.29) is 46.9 Å². The molecule has 3 rings (SSSR count). The molecule has 0 bridgehead atoms. The van der Waals surface area contributed by atoms with Gasteiger partial charge >= 0.3 is 0 Å². The molecule has 2 saturated carbocycles. The smallest absolute Gasteiger partial charge is 0.270 e. The Bertz CT molecular complexity index is 854. The molecule has 0 spiro atoms. The molecule has 2 amide bonds. The number of nitriles is 1. The van der Waals surface area contributed by atoms with Crippen LogP contribution in [-0.4, -0.2) is 52.5 Å². The van der Waals surface area contributed by atoms with Crippen LogP contribution in [0.15, 0.2) is 24.4 Å². The van der Waals surface area contributed by atoms with Crippen LogP contribution in [0.1, 0.15) is 63.4 Å². The van der Waals surface area contributed by atoms with E-state index >= 15 is 0 Å². The van der Waals surface area contributed by atoms with Crippen molar-refractivity contribution in [3.63, 3.8) is 0 Å². The molecule has 32 heavy (non-hydrogen) atoms. The third-order valence-corrected chi connectivity index (χ3v) is 8.07. The quantitative estimate of drug-likeness (QED) is 0.707. The SMILES string of the molecule is C[C@@H]1[C@@H]2[C@@H](O)[C@H]([C@H](C)C(=O)N(C)CCC#N)CC[C@]2(C)CC[C@@H]1NC(=O)c1ccccn1. The van der Waals surface area contributed by atoms with Gasteiger partial charge in [0.25, 0.3) is 5.91 Å². The van der Waals surface area contributed by atoms with Crippen molar-refractivity contribution in [3.05, 3.63) is 30.1 Å².